The summed E-state index contributed by atoms with van der Waals surface area (Å²) in [6.45, 7) is -0.365. The minimum absolute atomic E-state index is 0.341. The third kappa shape index (κ3) is 3.66. The maximum atomic E-state index is 11.7. The number of aromatic nitrogens is 1. The molecule has 4 rings (SSSR count). The lowest BCUT2D eigenvalue weighted by molar-refractivity contribution is -0.481. The highest BCUT2D eigenvalue weighted by Crippen LogP contribution is 2.43. The van der Waals surface area contributed by atoms with E-state index in [2.05, 4.69) is 0 Å². The highest BCUT2D eigenvalue weighted by Gasteiger charge is 2.31. The molecular weight excluding hydrogens is 396 g/mol. The average molecular weight is 418 g/mol. The highest BCUT2D eigenvalue weighted by atomic mass is 16.6. The van der Waals surface area contributed by atoms with Crippen molar-refractivity contribution in [1.29, 1.82) is 0 Å². The van der Waals surface area contributed by atoms with Crippen molar-refractivity contribution >= 4 is 10.9 Å². The van der Waals surface area contributed by atoms with E-state index < -0.39 is 5.92 Å². The number of hydrogen-bond donors (Lipinski definition) is 1. The second kappa shape index (κ2) is 8.39. The van der Waals surface area contributed by atoms with Gasteiger partial charge in [-0.25, -0.2) is 0 Å². The molecule has 0 radical (unpaired) electrons. The fourth-order valence-electron chi connectivity index (χ4n) is 4.08. The third-order valence-electron chi connectivity index (χ3n) is 5.43. The molecule has 1 atom stereocenters. The summed E-state index contributed by atoms with van der Waals surface area (Å²) in [5.41, 5.74) is 3.18. The van der Waals surface area contributed by atoms with Gasteiger partial charge in [-0.2, -0.15) is 4.73 Å². The Labute approximate surface area is 179 Å². The maximum Gasteiger partial charge on any atom is 0.214 e. The van der Waals surface area contributed by atoms with E-state index in [-0.39, 0.29) is 11.5 Å². The van der Waals surface area contributed by atoms with E-state index in [1.54, 1.807) is 31.4 Å². The Morgan fingerprint density at radius 1 is 1.00 bits per heavy atom. The zero-order chi connectivity index (χ0) is 22.0. The molecule has 0 aliphatic carbocycles. The molecule has 7 heteroatoms. The number of nitro groups is 1. The monoisotopic (exact) mass is 418 g/mol. The van der Waals surface area contributed by atoms with Gasteiger partial charge in [0.2, 0.25) is 6.54 Å². The summed E-state index contributed by atoms with van der Waals surface area (Å²) >= 11 is 0. The molecule has 0 saturated carbocycles. The van der Waals surface area contributed by atoms with Gasteiger partial charge in [0, 0.05) is 33.1 Å². The van der Waals surface area contributed by atoms with Crippen molar-refractivity contribution in [1.82, 2.24) is 4.73 Å². The molecule has 158 valence electrons. The van der Waals surface area contributed by atoms with Crippen LogP contribution in [0.4, 0.5) is 0 Å². The van der Waals surface area contributed by atoms with Crippen LogP contribution < -0.4 is 9.47 Å². The smallest absolute Gasteiger partial charge is 0.214 e. The van der Waals surface area contributed by atoms with Crippen molar-refractivity contribution in [3.8, 4) is 22.8 Å². The quantitative estimate of drug-likeness (QED) is 0.260. The summed E-state index contributed by atoms with van der Waals surface area (Å²) in [5, 5.41) is 23.5. The van der Waals surface area contributed by atoms with Gasteiger partial charge in [-0.3, -0.25) is 10.1 Å². The second-order valence-electron chi connectivity index (χ2n) is 7.13. The van der Waals surface area contributed by atoms with Crippen molar-refractivity contribution in [2.24, 2.45) is 0 Å². The molecule has 7 nitrogen and oxygen atoms in total. The van der Waals surface area contributed by atoms with Crippen LogP contribution in [-0.4, -0.2) is 35.6 Å². The number of para-hydroxylation sites is 1. The first-order valence-electron chi connectivity index (χ1n) is 9.77. The summed E-state index contributed by atoms with van der Waals surface area (Å²) in [5.74, 6) is 0.415. The van der Waals surface area contributed by atoms with Crippen LogP contribution in [0.15, 0.2) is 72.8 Å². The van der Waals surface area contributed by atoms with Gasteiger partial charge < -0.3 is 14.7 Å². The largest absolute Gasteiger partial charge is 0.497 e. The van der Waals surface area contributed by atoms with Crippen LogP contribution in [0.3, 0.4) is 0 Å². The van der Waals surface area contributed by atoms with Crippen LogP contribution >= 0.6 is 0 Å². The van der Waals surface area contributed by atoms with Crippen LogP contribution in [-0.2, 0) is 0 Å². The van der Waals surface area contributed by atoms with E-state index in [9.17, 15) is 15.3 Å². The van der Waals surface area contributed by atoms with Crippen LogP contribution in [0.5, 0.6) is 11.5 Å². The molecule has 1 N–H and O–H groups in total. The van der Waals surface area contributed by atoms with Gasteiger partial charge in [0.1, 0.15) is 11.5 Å². The van der Waals surface area contributed by atoms with Gasteiger partial charge in [-0.1, -0.05) is 54.6 Å². The molecule has 31 heavy (non-hydrogen) atoms. The van der Waals surface area contributed by atoms with Crippen molar-refractivity contribution in [3.63, 3.8) is 0 Å². The molecule has 0 unspecified atom stereocenters. The Hall–Kier alpha value is -4.00. The zero-order valence-electron chi connectivity index (χ0n) is 17.2. The van der Waals surface area contributed by atoms with Gasteiger partial charge >= 0.3 is 0 Å². The molecule has 0 bridgehead atoms. The molecule has 0 saturated heterocycles. The number of fused-ring (bicyclic) bond motifs is 1. The standard InChI is InChI=1S/C24H22N2O5/c1-30-17-12-13-18(22(14-17)31-2)20(15-25(27)28)23-19-10-6-7-11-21(19)26(29)24(23)16-8-4-3-5-9-16/h3-14,20,29H,15H2,1-2H3/t20-/m1/s1. The number of benzene rings is 3. The average Bonchev–Trinajstić information content (AvgIpc) is 3.10. The zero-order valence-corrected chi connectivity index (χ0v) is 17.2. The first kappa shape index (κ1) is 20.3. The van der Waals surface area contributed by atoms with Crippen LogP contribution in [0.25, 0.3) is 22.2 Å². The summed E-state index contributed by atoms with van der Waals surface area (Å²) in [6.07, 6.45) is 0. The fraction of sp³-hybridized carbons (Fsp3) is 0.167. The van der Waals surface area contributed by atoms with Gasteiger partial charge in [0.15, 0.2) is 0 Å². The lowest BCUT2D eigenvalue weighted by Gasteiger charge is -2.19. The van der Waals surface area contributed by atoms with E-state index >= 15 is 0 Å². The van der Waals surface area contributed by atoms with E-state index in [0.29, 0.717) is 33.8 Å². The Bertz CT molecular complexity index is 1230. The van der Waals surface area contributed by atoms with Gasteiger partial charge in [0.05, 0.1) is 31.3 Å². The highest BCUT2D eigenvalue weighted by molar-refractivity contribution is 5.92. The number of ether oxygens (including phenoxy) is 2. The summed E-state index contributed by atoms with van der Waals surface area (Å²) < 4.78 is 12.0. The first-order valence-corrected chi connectivity index (χ1v) is 9.77. The molecule has 0 spiro atoms. The van der Waals surface area contributed by atoms with E-state index in [4.69, 9.17) is 9.47 Å². The number of methoxy groups -OCH3 is 2. The Morgan fingerprint density at radius 3 is 2.39 bits per heavy atom. The molecule has 0 aliphatic rings. The lowest BCUT2D eigenvalue weighted by atomic mass is 9.87. The van der Waals surface area contributed by atoms with Gasteiger partial charge in [-0.05, 0) is 12.1 Å². The molecule has 0 fully saturated rings. The number of hydrogen-bond acceptors (Lipinski definition) is 5. The van der Waals surface area contributed by atoms with Crippen LogP contribution in [0.1, 0.15) is 17.0 Å². The summed E-state index contributed by atoms with van der Waals surface area (Å²) in [4.78, 5) is 11.4. The summed E-state index contributed by atoms with van der Waals surface area (Å²) in [6, 6.07) is 22.0. The normalized spacial score (nSPS) is 11.9. The van der Waals surface area contributed by atoms with Crippen molar-refractivity contribution in [2.75, 3.05) is 20.8 Å². The molecule has 3 aromatic carbocycles. The number of rotatable bonds is 7. The van der Waals surface area contributed by atoms with Crippen molar-refractivity contribution in [3.05, 3.63) is 94.0 Å². The lowest BCUT2D eigenvalue weighted by Crippen LogP contribution is -2.16. The van der Waals surface area contributed by atoms with E-state index in [1.807, 2.05) is 48.5 Å². The molecule has 0 aliphatic heterocycles. The van der Waals surface area contributed by atoms with Crippen LogP contribution in [0, 0.1) is 10.1 Å². The predicted octanol–water partition coefficient (Wildman–Crippen LogP) is 4.97. The Kier molecular flexibility index (Phi) is 5.49. The molecular formula is C24H22N2O5. The third-order valence-corrected chi connectivity index (χ3v) is 5.43. The minimum atomic E-state index is -0.663. The Morgan fingerprint density at radius 2 is 1.71 bits per heavy atom. The van der Waals surface area contributed by atoms with Crippen LogP contribution in [0.2, 0.25) is 0 Å². The topological polar surface area (TPSA) is 86.8 Å². The molecule has 0 amide bonds. The SMILES string of the molecule is COc1ccc([C@@H](C[N+](=O)[O-])c2c(-c3ccccc3)n(O)c3ccccc23)c(OC)c1. The molecule has 1 aromatic heterocycles. The Balaban J connectivity index is 2.05. The van der Waals surface area contributed by atoms with Gasteiger partial charge in [-0.15, -0.1) is 0 Å². The van der Waals surface area contributed by atoms with Crippen molar-refractivity contribution < 1.29 is 19.6 Å². The fourth-order valence-corrected chi connectivity index (χ4v) is 4.08. The minimum Gasteiger partial charge on any atom is -0.497 e. The van der Waals surface area contributed by atoms with E-state index in [0.717, 1.165) is 15.7 Å². The summed E-state index contributed by atoms with van der Waals surface area (Å²) in [7, 11) is 3.07. The predicted molar refractivity (Wildman–Crippen MR) is 118 cm³/mol. The maximum absolute atomic E-state index is 11.7. The number of nitrogens with zero attached hydrogens (tertiary/aromatic N) is 2. The van der Waals surface area contributed by atoms with Gasteiger partial charge in [0.25, 0.3) is 0 Å². The second-order valence-corrected chi connectivity index (χ2v) is 7.13. The van der Waals surface area contributed by atoms with E-state index in [1.165, 1.54) is 7.11 Å². The molecule has 1 heterocycles. The van der Waals surface area contributed by atoms with Crippen molar-refractivity contribution in [2.45, 2.75) is 5.92 Å². The molecule has 4 aromatic rings. The first-order chi connectivity index (χ1) is 15.0.